The smallest absolute Gasteiger partial charge is 0.335 e. The number of benzene rings is 3. The van der Waals surface area contributed by atoms with Crippen LogP contribution in [0.4, 0.5) is 17.1 Å². The topological polar surface area (TPSA) is 94.6 Å². The summed E-state index contributed by atoms with van der Waals surface area (Å²) in [7, 11) is 0. The summed E-state index contributed by atoms with van der Waals surface area (Å²) in [5.41, 5.74) is 3.67. The van der Waals surface area contributed by atoms with Gasteiger partial charge in [-0.2, -0.15) is 10.2 Å². The number of aromatic hydroxyl groups is 1. The Morgan fingerprint density at radius 1 is 0.889 bits per heavy atom. The second-order valence-electron chi connectivity index (χ2n) is 5.89. The minimum Gasteiger partial charge on any atom is -0.507 e. The maximum Gasteiger partial charge on any atom is 0.335 e. The molecule has 27 heavy (non-hydrogen) atoms. The van der Waals surface area contributed by atoms with Crippen LogP contribution in [0.25, 0.3) is 0 Å². The molecule has 0 aliphatic carbocycles. The molecule has 0 heterocycles. The summed E-state index contributed by atoms with van der Waals surface area (Å²) in [5, 5.41) is 27.3. The SMILES string of the molecule is Cc1cccc(N=Nc2ccc(O)c(C=Nc3ccc(C(=O)O)cc3)c2)c1. The van der Waals surface area contributed by atoms with Crippen molar-refractivity contribution < 1.29 is 15.0 Å². The molecule has 0 fully saturated rings. The quantitative estimate of drug-likeness (QED) is 0.461. The fourth-order valence-electron chi connectivity index (χ4n) is 2.35. The van der Waals surface area contributed by atoms with E-state index in [9.17, 15) is 9.90 Å². The number of phenols is 1. The number of carbonyl (C=O) groups is 1. The minimum absolute atomic E-state index is 0.0652. The highest BCUT2D eigenvalue weighted by Crippen LogP contribution is 2.25. The Bertz CT molecular complexity index is 1030. The first kappa shape index (κ1) is 18.0. The highest BCUT2D eigenvalue weighted by molar-refractivity contribution is 5.89. The lowest BCUT2D eigenvalue weighted by atomic mass is 10.2. The molecule has 134 valence electrons. The number of aryl methyl sites for hydroxylation is 1. The summed E-state index contributed by atoms with van der Waals surface area (Å²) < 4.78 is 0. The number of rotatable bonds is 5. The van der Waals surface area contributed by atoms with Gasteiger partial charge in [-0.1, -0.05) is 12.1 Å². The van der Waals surface area contributed by atoms with Crippen LogP contribution < -0.4 is 0 Å². The zero-order valence-corrected chi connectivity index (χ0v) is 14.6. The summed E-state index contributed by atoms with van der Waals surface area (Å²) in [5.74, 6) is -0.926. The van der Waals surface area contributed by atoms with Crippen molar-refractivity contribution in [1.29, 1.82) is 0 Å². The third kappa shape index (κ3) is 4.85. The lowest BCUT2D eigenvalue weighted by Gasteiger charge is -2.01. The number of phenolic OH excluding ortho intramolecular Hbond substituents is 1. The Hall–Kier alpha value is -3.80. The summed E-state index contributed by atoms with van der Waals surface area (Å²) >= 11 is 0. The van der Waals surface area contributed by atoms with Crippen molar-refractivity contribution in [3.05, 3.63) is 83.4 Å². The molecule has 0 saturated carbocycles. The maximum absolute atomic E-state index is 10.9. The number of carboxylic acids is 1. The van der Waals surface area contributed by atoms with Crippen molar-refractivity contribution in [2.45, 2.75) is 6.92 Å². The van der Waals surface area contributed by atoms with Crippen LogP contribution in [0, 0.1) is 6.92 Å². The van der Waals surface area contributed by atoms with Gasteiger partial charge in [-0.25, -0.2) is 4.79 Å². The van der Waals surface area contributed by atoms with Crippen LogP contribution in [0.3, 0.4) is 0 Å². The molecular formula is C21H17N3O3. The molecule has 3 aromatic rings. The molecule has 0 aliphatic rings. The van der Waals surface area contributed by atoms with E-state index in [0.29, 0.717) is 16.9 Å². The van der Waals surface area contributed by atoms with Gasteiger partial charge in [0.15, 0.2) is 0 Å². The third-order valence-electron chi connectivity index (χ3n) is 3.76. The molecule has 0 radical (unpaired) electrons. The molecule has 0 bridgehead atoms. The van der Waals surface area contributed by atoms with Gasteiger partial charge in [-0.05, 0) is 67.1 Å². The summed E-state index contributed by atoms with van der Waals surface area (Å²) in [6.07, 6.45) is 1.50. The Labute approximate surface area is 156 Å². The minimum atomic E-state index is -0.991. The van der Waals surface area contributed by atoms with Crippen LogP contribution in [0.15, 0.2) is 82.0 Å². The van der Waals surface area contributed by atoms with Crippen LogP contribution >= 0.6 is 0 Å². The molecule has 0 amide bonds. The Balaban J connectivity index is 1.79. The maximum atomic E-state index is 10.9. The molecule has 0 aromatic heterocycles. The predicted octanol–water partition coefficient (Wildman–Crippen LogP) is 5.56. The average molecular weight is 359 g/mol. The number of hydrogen-bond acceptors (Lipinski definition) is 5. The molecule has 3 rings (SSSR count). The van der Waals surface area contributed by atoms with Crippen LogP contribution in [-0.2, 0) is 0 Å². The van der Waals surface area contributed by atoms with Crippen molar-refractivity contribution in [3.8, 4) is 5.75 Å². The third-order valence-corrected chi connectivity index (χ3v) is 3.76. The van der Waals surface area contributed by atoms with Gasteiger partial charge in [0.25, 0.3) is 0 Å². The fraction of sp³-hybridized carbons (Fsp3) is 0.0476. The van der Waals surface area contributed by atoms with E-state index in [1.165, 1.54) is 24.4 Å². The van der Waals surface area contributed by atoms with Crippen LogP contribution in [0.5, 0.6) is 5.75 Å². The first-order valence-corrected chi connectivity index (χ1v) is 8.20. The van der Waals surface area contributed by atoms with Crippen LogP contribution in [0.1, 0.15) is 21.5 Å². The Kier molecular flexibility index (Phi) is 5.37. The lowest BCUT2D eigenvalue weighted by molar-refractivity contribution is 0.0697. The molecular weight excluding hydrogens is 342 g/mol. The van der Waals surface area contributed by atoms with Crippen molar-refractivity contribution in [2.75, 3.05) is 0 Å². The van der Waals surface area contributed by atoms with Gasteiger partial charge in [0.1, 0.15) is 5.75 Å². The molecule has 0 aliphatic heterocycles. The number of hydrogen-bond donors (Lipinski definition) is 2. The zero-order valence-electron chi connectivity index (χ0n) is 14.6. The summed E-state index contributed by atoms with van der Waals surface area (Å²) in [6, 6.07) is 18.7. The van der Waals surface area contributed by atoms with E-state index in [0.717, 1.165) is 11.3 Å². The normalized spacial score (nSPS) is 11.3. The monoisotopic (exact) mass is 359 g/mol. The first-order valence-electron chi connectivity index (χ1n) is 8.20. The molecule has 0 saturated heterocycles. The van der Waals surface area contributed by atoms with Gasteiger partial charge in [0, 0.05) is 11.8 Å². The van der Waals surface area contributed by atoms with Crippen molar-refractivity contribution >= 4 is 29.2 Å². The number of aromatic carboxylic acids is 1. The molecule has 0 unspecified atom stereocenters. The highest BCUT2D eigenvalue weighted by atomic mass is 16.4. The Morgan fingerprint density at radius 3 is 2.22 bits per heavy atom. The van der Waals surface area contributed by atoms with E-state index in [-0.39, 0.29) is 11.3 Å². The predicted molar refractivity (Wildman–Crippen MR) is 104 cm³/mol. The van der Waals surface area contributed by atoms with Gasteiger partial charge in [-0.3, -0.25) is 4.99 Å². The second kappa shape index (κ2) is 8.05. The van der Waals surface area contributed by atoms with Gasteiger partial charge < -0.3 is 10.2 Å². The van der Waals surface area contributed by atoms with Crippen molar-refractivity contribution in [2.24, 2.45) is 15.2 Å². The molecule has 2 N–H and O–H groups in total. The number of aliphatic imine (C=N–C) groups is 1. The summed E-state index contributed by atoms with van der Waals surface area (Å²) in [6.45, 7) is 1.98. The molecule has 6 nitrogen and oxygen atoms in total. The van der Waals surface area contributed by atoms with E-state index < -0.39 is 5.97 Å². The van der Waals surface area contributed by atoms with Gasteiger partial charge >= 0.3 is 5.97 Å². The second-order valence-corrected chi connectivity index (χ2v) is 5.89. The Morgan fingerprint density at radius 2 is 1.56 bits per heavy atom. The number of nitrogens with zero attached hydrogens (tertiary/aromatic N) is 3. The van der Waals surface area contributed by atoms with E-state index in [1.807, 2.05) is 31.2 Å². The van der Waals surface area contributed by atoms with Crippen molar-refractivity contribution in [3.63, 3.8) is 0 Å². The number of azo groups is 1. The molecule has 6 heteroatoms. The standard InChI is InChI=1S/C21H17N3O3/c1-14-3-2-4-18(11-14)23-24-19-9-10-20(25)16(12-19)13-22-17-7-5-15(6-8-17)21(26)27/h2-13,25H,1H3,(H,26,27). The average Bonchev–Trinajstić information content (AvgIpc) is 2.66. The lowest BCUT2D eigenvalue weighted by Crippen LogP contribution is -1.94. The van der Waals surface area contributed by atoms with E-state index in [4.69, 9.17) is 5.11 Å². The number of carboxylic acid groups (broad SMARTS) is 1. The molecule has 3 aromatic carbocycles. The van der Waals surface area contributed by atoms with E-state index in [2.05, 4.69) is 15.2 Å². The fourth-order valence-corrected chi connectivity index (χ4v) is 2.35. The van der Waals surface area contributed by atoms with Gasteiger partial charge in [0.2, 0.25) is 0 Å². The largest absolute Gasteiger partial charge is 0.507 e. The van der Waals surface area contributed by atoms with E-state index in [1.54, 1.807) is 24.3 Å². The van der Waals surface area contributed by atoms with Crippen molar-refractivity contribution in [1.82, 2.24) is 0 Å². The zero-order chi connectivity index (χ0) is 19.2. The van der Waals surface area contributed by atoms with Crippen LogP contribution in [-0.4, -0.2) is 22.4 Å². The molecule has 0 atom stereocenters. The molecule has 0 spiro atoms. The van der Waals surface area contributed by atoms with Gasteiger partial charge in [-0.15, -0.1) is 0 Å². The highest BCUT2D eigenvalue weighted by Gasteiger charge is 2.03. The van der Waals surface area contributed by atoms with Crippen LogP contribution in [0.2, 0.25) is 0 Å². The first-order chi connectivity index (χ1) is 13.0. The van der Waals surface area contributed by atoms with Gasteiger partial charge in [0.05, 0.1) is 22.6 Å². The van der Waals surface area contributed by atoms with E-state index >= 15 is 0 Å². The summed E-state index contributed by atoms with van der Waals surface area (Å²) in [4.78, 5) is 15.1.